The summed E-state index contributed by atoms with van der Waals surface area (Å²) < 4.78 is 2.73. The summed E-state index contributed by atoms with van der Waals surface area (Å²) in [5.41, 5.74) is 0.865. The van der Waals surface area contributed by atoms with E-state index in [0.717, 1.165) is 8.45 Å². The zero-order chi connectivity index (χ0) is 15.6. The van der Waals surface area contributed by atoms with Gasteiger partial charge in [-0.3, -0.25) is 4.79 Å². The van der Waals surface area contributed by atoms with E-state index in [1.807, 2.05) is 32.2 Å². The summed E-state index contributed by atoms with van der Waals surface area (Å²) in [6.07, 6.45) is 0.572. The first-order valence-electron chi connectivity index (χ1n) is 6.49. The van der Waals surface area contributed by atoms with E-state index in [-0.39, 0.29) is 12.0 Å². The van der Waals surface area contributed by atoms with Gasteiger partial charge in [-0.2, -0.15) is 0 Å². The number of aliphatic carboxylic acids is 1. The number of thiophene rings is 1. The fourth-order valence-corrected chi connectivity index (χ4v) is 3.46. The van der Waals surface area contributed by atoms with Crippen molar-refractivity contribution in [3.05, 3.63) is 14.3 Å². The summed E-state index contributed by atoms with van der Waals surface area (Å²) in [7, 11) is 0. The molecule has 114 valence electrons. The second-order valence-electron chi connectivity index (χ2n) is 6.12. The van der Waals surface area contributed by atoms with Gasteiger partial charge < -0.3 is 5.11 Å². The predicted octanol–water partition coefficient (Wildman–Crippen LogP) is 3.14. The Morgan fingerprint density at radius 3 is 2.76 bits per heavy atom. The third-order valence-electron chi connectivity index (χ3n) is 2.96. The van der Waals surface area contributed by atoms with Crippen molar-refractivity contribution in [1.82, 2.24) is 20.2 Å². The molecule has 1 unspecified atom stereocenters. The highest BCUT2D eigenvalue weighted by Crippen LogP contribution is 2.28. The van der Waals surface area contributed by atoms with Crippen molar-refractivity contribution in [1.29, 1.82) is 0 Å². The maximum Gasteiger partial charge on any atom is 0.308 e. The summed E-state index contributed by atoms with van der Waals surface area (Å²) >= 11 is 3.85. The molecule has 6 nitrogen and oxygen atoms in total. The van der Waals surface area contributed by atoms with E-state index in [9.17, 15) is 9.90 Å². The largest absolute Gasteiger partial charge is 0.481 e. The summed E-state index contributed by atoms with van der Waals surface area (Å²) in [6.45, 7) is 6.38. The first-order valence-corrected chi connectivity index (χ1v) is 8.45. The summed E-state index contributed by atoms with van der Waals surface area (Å²) in [5, 5.41) is 23.1. The van der Waals surface area contributed by atoms with Crippen molar-refractivity contribution in [3.8, 4) is 11.4 Å². The highest BCUT2D eigenvalue weighted by molar-refractivity contribution is 14.1. The highest BCUT2D eigenvalue weighted by Gasteiger charge is 2.26. The van der Waals surface area contributed by atoms with E-state index in [0.29, 0.717) is 12.2 Å². The topological polar surface area (TPSA) is 80.9 Å². The van der Waals surface area contributed by atoms with Gasteiger partial charge in [0, 0.05) is 10.9 Å². The quantitative estimate of drug-likeness (QED) is 0.752. The van der Waals surface area contributed by atoms with E-state index in [4.69, 9.17) is 0 Å². The minimum atomic E-state index is -0.814. The Kier molecular flexibility index (Phi) is 4.97. The first kappa shape index (κ1) is 16.3. The molecule has 2 heterocycles. The molecule has 0 radical (unpaired) electrons. The van der Waals surface area contributed by atoms with Gasteiger partial charge in [0.05, 0.1) is 15.3 Å². The van der Waals surface area contributed by atoms with Gasteiger partial charge in [0.25, 0.3) is 0 Å². The Morgan fingerprint density at radius 1 is 1.52 bits per heavy atom. The van der Waals surface area contributed by atoms with Crippen molar-refractivity contribution in [2.45, 2.75) is 33.7 Å². The average Bonchev–Trinajstić information content (AvgIpc) is 2.95. The average molecular weight is 420 g/mol. The molecule has 2 aromatic rings. The molecule has 0 aromatic carbocycles. The number of carboxylic acid groups (broad SMARTS) is 1. The number of carboxylic acids is 1. The Hall–Kier alpha value is -1.03. The third kappa shape index (κ3) is 4.47. The van der Waals surface area contributed by atoms with Crippen LogP contribution in [0.1, 0.15) is 27.2 Å². The number of hydrogen-bond donors (Lipinski definition) is 1. The van der Waals surface area contributed by atoms with Gasteiger partial charge in [-0.05, 0) is 50.9 Å². The normalized spacial score (nSPS) is 13.3. The van der Waals surface area contributed by atoms with Crippen LogP contribution in [-0.2, 0) is 11.3 Å². The van der Waals surface area contributed by atoms with Crippen LogP contribution in [-0.4, -0.2) is 31.3 Å². The van der Waals surface area contributed by atoms with Gasteiger partial charge in [0.15, 0.2) is 5.82 Å². The lowest BCUT2D eigenvalue weighted by atomic mass is 9.84. The van der Waals surface area contributed by atoms with Gasteiger partial charge >= 0.3 is 5.97 Å². The molecule has 2 rings (SSSR count). The lowest BCUT2D eigenvalue weighted by Crippen LogP contribution is -2.26. The standard InChI is InChI=1S/C13H17IN4O2S/c1-13(2,3)5-9(12(19)20)6-18-11(15-16-17-18)8-4-10(14)21-7-8/h4,7,9H,5-6H2,1-3H3,(H,19,20). The molecule has 0 aliphatic carbocycles. The van der Waals surface area contributed by atoms with Gasteiger partial charge in [-0.15, -0.1) is 16.4 Å². The summed E-state index contributed by atoms with van der Waals surface area (Å²) in [5.74, 6) is -0.703. The van der Waals surface area contributed by atoms with Crippen LogP contribution in [0.15, 0.2) is 11.4 Å². The minimum absolute atomic E-state index is 0.0605. The molecule has 8 heteroatoms. The van der Waals surface area contributed by atoms with Crippen molar-refractivity contribution >= 4 is 39.9 Å². The molecule has 0 saturated carbocycles. The maximum absolute atomic E-state index is 11.5. The van der Waals surface area contributed by atoms with Crippen LogP contribution in [0.5, 0.6) is 0 Å². The Balaban J connectivity index is 2.22. The molecule has 0 aliphatic rings. The number of aromatic nitrogens is 4. The molecular weight excluding hydrogens is 403 g/mol. The van der Waals surface area contributed by atoms with Gasteiger partial charge in [0.2, 0.25) is 0 Å². The second kappa shape index (κ2) is 6.39. The molecular formula is C13H17IN4O2S. The molecule has 0 spiro atoms. The van der Waals surface area contributed by atoms with E-state index in [2.05, 4.69) is 38.1 Å². The Morgan fingerprint density at radius 2 is 2.24 bits per heavy atom. The SMILES string of the molecule is CC(C)(C)CC(Cn1nnnc1-c1csc(I)c1)C(=O)O. The number of nitrogens with zero attached hydrogens (tertiary/aromatic N) is 4. The van der Waals surface area contributed by atoms with Gasteiger partial charge in [0.1, 0.15) is 0 Å². The lowest BCUT2D eigenvalue weighted by Gasteiger charge is -2.23. The van der Waals surface area contributed by atoms with E-state index >= 15 is 0 Å². The van der Waals surface area contributed by atoms with Crippen LogP contribution in [0.3, 0.4) is 0 Å². The van der Waals surface area contributed by atoms with Crippen molar-refractivity contribution in [3.63, 3.8) is 0 Å². The third-order valence-corrected chi connectivity index (χ3v) is 4.75. The fourth-order valence-electron chi connectivity index (χ4n) is 2.14. The van der Waals surface area contributed by atoms with E-state index in [1.165, 1.54) is 0 Å². The zero-order valence-electron chi connectivity index (χ0n) is 12.1. The smallest absolute Gasteiger partial charge is 0.308 e. The fraction of sp³-hybridized carbons (Fsp3) is 0.538. The molecule has 2 aromatic heterocycles. The predicted molar refractivity (Wildman–Crippen MR) is 89.0 cm³/mol. The second-order valence-corrected chi connectivity index (χ2v) is 8.93. The minimum Gasteiger partial charge on any atom is -0.481 e. The molecule has 1 atom stereocenters. The van der Waals surface area contributed by atoms with Crippen LogP contribution < -0.4 is 0 Å². The summed E-state index contributed by atoms with van der Waals surface area (Å²) in [6, 6.07) is 1.99. The van der Waals surface area contributed by atoms with Crippen LogP contribution in [0.25, 0.3) is 11.4 Å². The Bertz CT molecular complexity index is 632. The van der Waals surface area contributed by atoms with Crippen molar-refractivity contribution < 1.29 is 9.90 Å². The molecule has 0 saturated heterocycles. The first-order chi connectivity index (χ1) is 9.76. The molecule has 0 amide bonds. The van der Waals surface area contributed by atoms with Crippen LogP contribution in [0, 0.1) is 14.2 Å². The van der Waals surface area contributed by atoms with Crippen molar-refractivity contribution in [2.75, 3.05) is 0 Å². The van der Waals surface area contributed by atoms with Crippen LogP contribution >= 0.6 is 33.9 Å². The van der Waals surface area contributed by atoms with Gasteiger partial charge in [-0.1, -0.05) is 20.8 Å². The number of tetrazole rings is 1. The number of carbonyl (C=O) groups is 1. The summed E-state index contributed by atoms with van der Waals surface area (Å²) in [4.78, 5) is 11.5. The highest BCUT2D eigenvalue weighted by atomic mass is 127. The molecule has 21 heavy (non-hydrogen) atoms. The lowest BCUT2D eigenvalue weighted by molar-refractivity contribution is -0.143. The Labute approximate surface area is 140 Å². The molecule has 1 N–H and O–H groups in total. The van der Waals surface area contributed by atoms with E-state index < -0.39 is 11.9 Å². The molecule has 0 fully saturated rings. The number of hydrogen-bond acceptors (Lipinski definition) is 5. The maximum atomic E-state index is 11.5. The van der Waals surface area contributed by atoms with Crippen molar-refractivity contribution in [2.24, 2.45) is 11.3 Å². The zero-order valence-corrected chi connectivity index (χ0v) is 15.1. The van der Waals surface area contributed by atoms with E-state index in [1.54, 1.807) is 16.0 Å². The van der Waals surface area contributed by atoms with Crippen LogP contribution in [0.2, 0.25) is 0 Å². The number of halogens is 1. The monoisotopic (exact) mass is 420 g/mol. The molecule has 0 bridgehead atoms. The molecule has 0 aliphatic heterocycles. The van der Waals surface area contributed by atoms with Crippen LogP contribution in [0.4, 0.5) is 0 Å². The number of rotatable bonds is 5. The van der Waals surface area contributed by atoms with Gasteiger partial charge in [-0.25, -0.2) is 4.68 Å².